The summed E-state index contributed by atoms with van der Waals surface area (Å²) in [5.74, 6) is -0.206. The average Bonchev–Trinajstić information content (AvgIpc) is 2.38. The second-order valence-corrected chi connectivity index (χ2v) is 4.11. The Kier molecular flexibility index (Phi) is 7.35. The van der Waals surface area contributed by atoms with Crippen molar-refractivity contribution in [2.75, 3.05) is 33.4 Å². The molecule has 0 spiro atoms. The average molecular weight is 292 g/mol. The minimum absolute atomic E-state index is 0.206. The Hall–Kier alpha value is -1.31. The third-order valence-corrected chi connectivity index (χ3v) is 2.45. The molecule has 114 valence electrons. The fourth-order valence-electron chi connectivity index (χ4n) is 1.52. The maximum Gasteiger partial charge on any atom is 0.573 e. The fourth-order valence-corrected chi connectivity index (χ4v) is 1.52. The highest BCUT2D eigenvalue weighted by molar-refractivity contribution is 5.27. The van der Waals surface area contributed by atoms with E-state index < -0.39 is 6.36 Å². The Morgan fingerprint density at radius 2 is 1.65 bits per heavy atom. The normalized spacial score (nSPS) is 11.6. The maximum absolute atomic E-state index is 12.0. The van der Waals surface area contributed by atoms with Crippen LogP contribution in [0.15, 0.2) is 24.3 Å². The largest absolute Gasteiger partial charge is 0.573 e. The molecule has 20 heavy (non-hydrogen) atoms. The van der Waals surface area contributed by atoms with Crippen molar-refractivity contribution in [1.29, 1.82) is 0 Å². The van der Waals surface area contributed by atoms with Crippen LogP contribution in [0, 0.1) is 0 Å². The molecule has 0 heterocycles. The van der Waals surface area contributed by atoms with Crippen molar-refractivity contribution in [2.45, 2.75) is 12.9 Å². The zero-order valence-corrected chi connectivity index (χ0v) is 11.3. The summed E-state index contributed by atoms with van der Waals surface area (Å²) in [5.41, 5.74) is 0.899. The van der Waals surface area contributed by atoms with Gasteiger partial charge < -0.3 is 20.1 Å². The minimum atomic E-state index is -4.65. The molecule has 0 amide bonds. The summed E-state index contributed by atoms with van der Waals surface area (Å²) in [7, 11) is 1.64. The summed E-state index contributed by atoms with van der Waals surface area (Å²) in [4.78, 5) is 0. The highest BCUT2D eigenvalue weighted by Crippen LogP contribution is 2.22. The molecule has 0 saturated carbocycles. The lowest BCUT2D eigenvalue weighted by Gasteiger charge is -2.10. The van der Waals surface area contributed by atoms with Crippen molar-refractivity contribution in [3.63, 3.8) is 0 Å². The molecule has 0 aliphatic carbocycles. The Bertz CT molecular complexity index is 369. The van der Waals surface area contributed by atoms with Gasteiger partial charge in [0.15, 0.2) is 0 Å². The van der Waals surface area contributed by atoms with E-state index in [-0.39, 0.29) is 5.75 Å². The highest BCUT2D eigenvalue weighted by Gasteiger charge is 2.30. The molecule has 0 saturated heterocycles. The quantitative estimate of drug-likeness (QED) is 0.682. The number of nitrogens with one attached hydrogen (secondary N) is 2. The summed E-state index contributed by atoms with van der Waals surface area (Å²) < 4.78 is 44.6. The number of methoxy groups -OCH3 is 1. The van der Waals surface area contributed by atoms with Crippen molar-refractivity contribution in [2.24, 2.45) is 0 Å². The van der Waals surface area contributed by atoms with E-state index in [1.807, 2.05) is 0 Å². The van der Waals surface area contributed by atoms with E-state index in [1.54, 1.807) is 19.2 Å². The van der Waals surface area contributed by atoms with Gasteiger partial charge in [0.25, 0.3) is 0 Å². The molecule has 1 aromatic carbocycles. The van der Waals surface area contributed by atoms with E-state index in [0.717, 1.165) is 25.2 Å². The van der Waals surface area contributed by atoms with Gasteiger partial charge in [-0.1, -0.05) is 12.1 Å². The van der Waals surface area contributed by atoms with E-state index >= 15 is 0 Å². The Balaban J connectivity index is 2.18. The number of benzene rings is 1. The van der Waals surface area contributed by atoms with Crippen molar-refractivity contribution >= 4 is 0 Å². The topological polar surface area (TPSA) is 42.5 Å². The first-order valence-electron chi connectivity index (χ1n) is 6.26. The van der Waals surface area contributed by atoms with Crippen LogP contribution in [-0.4, -0.2) is 39.7 Å². The van der Waals surface area contributed by atoms with E-state index in [9.17, 15) is 13.2 Å². The predicted molar refractivity (Wildman–Crippen MR) is 69.6 cm³/mol. The van der Waals surface area contributed by atoms with Crippen LogP contribution in [0.4, 0.5) is 13.2 Å². The van der Waals surface area contributed by atoms with Gasteiger partial charge in [-0.3, -0.25) is 0 Å². The van der Waals surface area contributed by atoms with Gasteiger partial charge in [-0.25, -0.2) is 0 Å². The first kappa shape index (κ1) is 16.7. The summed E-state index contributed by atoms with van der Waals surface area (Å²) >= 11 is 0. The van der Waals surface area contributed by atoms with E-state index in [2.05, 4.69) is 15.4 Å². The summed E-state index contributed by atoms with van der Waals surface area (Å²) in [6.07, 6.45) is -4.65. The molecule has 0 aliphatic rings. The first-order chi connectivity index (χ1) is 9.51. The first-order valence-corrected chi connectivity index (χ1v) is 6.26. The molecule has 4 nitrogen and oxygen atoms in total. The van der Waals surface area contributed by atoms with Crippen LogP contribution < -0.4 is 15.4 Å². The van der Waals surface area contributed by atoms with E-state index in [1.165, 1.54) is 12.1 Å². The van der Waals surface area contributed by atoms with Gasteiger partial charge in [0.2, 0.25) is 0 Å². The van der Waals surface area contributed by atoms with Gasteiger partial charge in [-0.2, -0.15) is 0 Å². The van der Waals surface area contributed by atoms with E-state index in [0.29, 0.717) is 13.2 Å². The van der Waals surface area contributed by atoms with Crippen LogP contribution in [0.3, 0.4) is 0 Å². The van der Waals surface area contributed by atoms with Gasteiger partial charge in [0, 0.05) is 33.3 Å². The minimum Gasteiger partial charge on any atom is -0.406 e. The standard InChI is InChI=1S/C13H19F3N2O2/c1-19-9-8-17-6-7-18-10-11-2-4-12(5-3-11)20-13(14,15)16/h2-5,17-18H,6-10H2,1H3. The zero-order chi connectivity index (χ0) is 14.8. The second kappa shape index (κ2) is 8.78. The molecule has 0 aromatic heterocycles. The van der Waals surface area contributed by atoms with Gasteiger partial charge in [0.1, 0.15) is 5.75 Å². The molecule has 1 aromatic rings. The Labute approximate surface area is 116 Å². The van der Waals surface area contributed by atoms with Gasteiger partial charge in [-0.05, 0) is 17.7 Å². The third-order valence-electron chi connectivity index (χ3n) is 2.45. The van der Waals surface area contributed by atoms with Gasteiger partial charge in [0.05, 0.1) is 6.61 Å². The highest BCUT2D eigenvalue weighted by atomic mass is 19.4. The second-order valence-electron chi connectivity index (χ2n) is 4.11. The summed E-state index contributed by atoms with van der Waals surface area (Å²) in [6, 6.07) is 5.82. The number of hydrogen-bond acceptors (Lipinski definition) is 4. The molecule has 0 unspecified atom stereocenters. The number of halogens is 3. The van der Waals surface area contributed by atoms with Crippen molar-refractivity contribution in [3.05, 3.63) is 29.8 Å². The fraction of sp³-hybridized carbons (Fsp3) is 0.538. The lowest BCUT2D eigenvalue weighted by molar-refractivity contribution is -0.274. The SMILES string of the molecule is COCCNCCNCc1ccc(OC(F)(F)F)cc1. The van der Waals surface area contributed by atoms with E-state index in [4.69, 9.17) is 4.74 Å². The lowest BCUT2D eigenvalue weighted by atomic mass is 10.2. The molecule has 0 aliphatic heterocycles. The maximum atomic E-state index is 12.0. The van der Waals surface area contributed by atoms with Crippen LogP contribution in [0.1, 0.15) is 5.56 Å². The molecular weight excluding hydrogens is 273 g/mol. The van der Waals surface area contributed by atoms with Crippen LogP contribution in [-0.2, 0) is 11.3 Å². The molecule has 0 bridgehead atoms. The summed E-state index contributed by atoms with van der Waals surface area (Å²) in [5, 5.41) is 6.35. The van der Waals surface area contributed by atoms with Gasteiger partial charge >= 0.3 is 6.36 Å². The van der Waals surface area contributed by atoms with Crippen molar-refractivity contribution in [3.8, 4) is 5.75 Å². The Morgan fingerprint density at radius 1 is 1.00 bits per heavy atom. The lowest BCUT2D eigenvalue weighted by Crippen LogP contribution is -2.29. The number of rotatable bonds is 9. The molecular formula is C13H19F3N2O2. The molecule has 1 rings (SSSR count). The van der Waals surface area contributed by atoms with Crippen LogP contribution in [0.5, 0.6) is 5.75 Å². The van der Waals surface area contributed by atoms with Crippen molar-refractivity contribution < 1.29 is 22.6 Å². The smallest absolute Gasteiger partial charge is 0.406 e. The van der Waals surface area contributed by atoms with Crippen molar-refractivity contribution in [1.82, 2.24) is 10.6 Å². The number of alkyl halides is 3. The third kappa shape index (κ3) is 7.98. The molecule has 7 heteroatoms. The van der Waals surface area contributed by atoms with Crippen LogP contribution >= 0.6 is 0 Å². The molecule has 2 N–H and O–H groups in total. The summed E-state index contributed by atoms with van der Waals surface area (Å²) in [6.45, 7) is 3.63. The monoisotopic (exact) mass is 292 g/mol. The molecule has 0 atom stereocenters. The van der Waals surface area contributed by atoms with Crippen LogP contribution in [0.25, 0.3) is 0 Å². The Morgan fingerprint density at radius 3 is 2.25 bits per heavy atom. The van der Waals surface area contributed by atoms with Crippen LogP contribution in [0.2, 0.25) is 0 Å². The zero-order valence-electron chi connectivity index (χ0n) is 11.3. The van der Waals surface area contributed by atoms with Gasteiger partial charge in [-0.15, -0.1) is 13.2 Å². The number of hydrogen-bond donors (Lipinski definition) is 2. The predicted octanol–water partition coefficient (Wildman–Crippen LogP) is 1.91. The number of ether oxygens (including phenoxy) is 2. The molecule has 0 fully saturated rings. The molecule has 0 radical (unpaired) electrons.